The van der Waals surface area contributed by atoms with E-state index >= 15 is 0 Å². The second-order valence-electron chi connectivity index (χ2n) is 5.64. The molecule has 1 fully saturated rings. The van der Waals surface area contributed by atoms with Crippen LogP contribution in [0.5, 0.6) is 6.01 Å². The molecule has 0 bridgehead atoms. The Balaban J connectivity index is 2.23. The number of ether oxygens (including phenoxy) is 1. The Hall–Kier alpha value is -1.59. The lowest BCUT2D eigenvalue weighted by Crippen LogP contribution is -2.40. The molecule has 1 N–H and O–H groups in total. The summed E-state index contributed by atoms with van der Waals surface area (Å²) in [6.07, 6.45) is 5.08. The minimum Gasteiger partial charge on any atom is -0.464 e. The molecule has 1 aliphatic rings. The van der Waals surface area contributed by atoms with E-state index in [0.29, 0.717) is 36.5 Å². The maximum atomic E-state index is 5.47. The van der Waals surface area contributed by atoms with E-state index in [4.69, 9.17) is 4.74 Å². The van der Waals surface area contributed by atoms with Crippen molar-refractivity contribution in [3.05, 3.63) is 0 Å². The first-order valence-corrected chi connectivity index (χ1v) is 8.01. The molecule has 0 spiro atoms. The third-order valence-electron chi connectivity index (χ3n) is 4.09. The molecule has 0 aromatic carbocycles. The van der Waals surface area contributed by atoms with E-state index in [2.05, 4.69) is 39.1 Å². The highest BCUT2D eigenvalue weighted by molar-refractivity contribution is 5.38. The molecule has 2 unspecified atom stereocenters. The van der Waals surface area contributed by atoms with Gasteiger partial charge in [-0.25, -0.2) is 0 Å². The van der Waals surface area contributed by atoms with E-state index in [1.807, 2.05) is 13.8 Å². The quantitative estimate of drug-likeness (QED) is 0.870. The van der Waals surface area contributed by atoms with Crippen LogP contribution in [0.3, 0.4) is 0 Å². The van der Waals surface area contributed by atoms with Gasteiger partial charge in [-0.3, -0.25) is 0 Å². The molecule has 2 rings (SSSR count). The van der Waals surface area contributed by atoms with Crippen LogP contribution in [0.15, 0.2) is 0 Å². The summed E-state index contributed by atoms with van der Waals surface area (Å²) >= 11 is 0. The SMILES string of the molecule is CCNc1nc(OCC)nc(N(C)C2CCCCC2C)n1. The number of hydrogen-bond donors (Lipinski definition) is 1. The first kappa shape index (κ1) is 15.8. The van der Waals surface area contributed by atoms with E-state index in [1.54, 1.807) is 0 Å². The molecule has 1 aromatic heterocycles. The molecule has 0 amide bonds. The number of nitrogens with one attached hydrogen (secondary N) is 1. The lowest BCUT2D eigenvalue weighted by molar-refractivity contribution is 0.305. The lowest BCUT2D eigenvalue weighted by atomic mass is 9.85. The van der Waals surface area contributed by atoms with Crippen molar-refractivity contribution in [3.63, 3.8) is 0 Å². The first-order valence-electron chi connectivity index (χ1n) is 8.01. The number of nitrogens with zero attached hydrogens (tertiary/aromatic N) is 4. The zero-order chi connectivity index (χ0) is 15.2. The van der Waals surface area contributed by atoms with Crippen LogP contribution in [0.4, 0.5) is 11.9 Å². The normalized spacial score (nSPS) is 21.9. The lowest BCUT2D eigenvalue weighted by Gasteiger charge is -2.36. The van der Waals surface area contributed by atoms with Crippen molar-refractivity contribution in [2.75, 3.05) is 30.4 Å². The van der Waals surface area contributed by atoms with Crippen LogP contribution in [0.2, 0.25) is 0 Å². The average molecular weight is 293 g/mol. The molecule has 1 aromatic rings. The van der Waals surface area contributed by atoms with Crippen molar-refractivity contribution in [3.8, 4) is 6.01 Å². The second-order valence-corrected chi connectivity index (χ2v) is 5.64. The van der Waals surface area contributed by atoms with Gasteiger partial charge in [0.15, 0.2) is 0 Å². The summed E-state index contributed by atoms with van der Waals surface area (Å²) in [7, 11) is 2.08. The van der Waals surface area contributed by atoms with Crippen LogP contribution in [-0.2, 0) is 0 Å². The fraction of sp³-hybridized carbons (Fsp3) is 0.800. The summed E-state index contributed by atoms with van der Waals surface area (Å²) in [5.41, 5.74) is 0. The van der Waals surface area contributed by atoms with Gasteiger partial charge in [-0.05, 0) is 32.6 Å². The summed E-state index contributed by atoms with van der Waals surface area (Å²) < 4.78 is 5.47. The zero-order valence-corrected chi connectivity index (χ0v) is 13.6. The standard InChI is InChI=1S/C15H27N5O/c1-5-16-13-17-14(19-15(18-13)21-6-2)20(4)12-10-8-7-9-11(12)3/h11-12H,5-10H2,1-4H3,(H,16,17,18,19). The van der Waals surface area contributed by atoms with Crippen molar-refractivity contribution >= 4 is 11.9 Å². The highest BCUT2D eigenvalue weighted by atomic mass is 16.5. The van der Waals surface area contributed by atoms with Gasteiger partial charge in [-0.2, -0.15) is 15.0 Å². The van der Waals surface area contributed by atoms with E-state index in [1.165, 1.54) is 25.7 Å². The largest absolute Gasteiger partial charge is 0.464 e. The van der Waals surface area contributed by atoms with Crippen LogP contribution in [0.1, 0.15) is 46.5 Å². The average Bonchev–Trinajstić information content (AvgIpc) is 2.47. The molecule has 0 radical (unpaired) electrons. The van der Waals surface area contributed by atoms with E-state index < -0.39 is 0 Å². The highest BCUT2D eigenvalue weighted by Gasteiger charge is 2.27. The molecule has 6 nitrogen and oxygen atoms in total. The molecule has 6 heteroatoms. The number of anilines is 2. The molecule has 1 saturated carbocycles. The minimum atomic E-state index is 0.397. The van der Waals surface area contributed by atoms with Crippen LogP contribution < -0.4 is 15.0 Å². The highest BCUT2D eigenvalue weighted by Crippen LogP contribution is 2.29. The van der Waals surface area contributed by atoms with Gasteiger partial charge in [0, 0.05) is 19.6 Å². The Morgan fingerprint density at radius 3 is 2.62 bits per heavy atom. The van der Waals surface area contributed by atoms with Gasteiger partial charge >= 0.3 is 6.01 Å². The molecule has 0 aliphatic heterocycles. The predicted octanol–water partition coefficient (Wildman–Crippen LogP) is 2.72. The molecule has 1 heterocycles. The first-order chi connectivity index (χ1) is 10.2. The Kier molecular flexibility index (Phi) is 5.59. The fourth-order valence-electron chi connectivity index (χ4n) is 2.95. The summed E-state index contributed by atoms with van der Waals surface area (Å²) in [6, 6.07) is 0.888. The van der Waals surface area contributed by atoms with Crippen molar-refractivity contribution in [1.29, 1.82) is 0 Å². The topological polar surface area (TPSA) is 63.2 Å². The van der Waals surface area contributed by atoms with Crippen molar-refractivity contribution in [2.45, 2.75) is 52.5 Å². The van der Waals surface area contributed by atoms with Crippen LogP contribution in [0.25, 0.3) is 0 Å². The number of rotatable bonds is 6. The maximum absolute atomic E-state index is 5.47. The van der Waals surface area contributed by atoms with Gasteiger partial charge in [0.2, 0.25) is 11.9 Å². The Morgan fingerprint density at radius 2 is 1.95 bits per heavy atom. The van der Waals surface area contributed by atoms with E-state index in [9.17, 15) is 0 Å². The monoisotopic (exact) mass is 293 g/mol. The summed E-state index contributed by atoms with van der Waals surface area (Å²) in [5, 5.41) is 3.15. The van der Waals surface area contributed by atoms with Gasteiger partial charge in [0.05, 0.1) is 6.61 Å². The second kappa shape index (κ2) is 7.43. The summed E-state index contributed by atoms with van der Waals surface area (Å²) in [6.45, 7) is 7.60. The van der Waals surface area contributed by atoms with Gasteiger partial charge in [0.1, 0.15) is 0 Å². The van der Waals surface area contributed by atoms with Crippen LogP contribution >= 0.6 is 0 Å². The smallest absolute Gasteiger partial charge is 0.323 e. The van der Waals surface area contributed by atoms with Gasteiger partial charge in [-0.1, -0.05) is 19.8 Å². The van der Waals surface area contributed by atoms with Gasteiger partial charge in [-0.15, -0.1) is 0 Å². The van der Waals surface area contributed by atoms with E-state index in [-0.39, 0.29) is 0 Å². The summed E-state index contributed by atoms with van der Waals surface area (Å²) in [5.74, 6) is 1.95. The Morgan fingerprint density at radius 1 is 1.19 bits per heavy atom. The molecular weight excluding hydrogens is 266 g/mol. The fourth-order valence-corrected chi connectivity index (χ4v) is 2.95. The molecule has 21 heavy (non-hydrogen) atoms. The molecular formula is C15H27N5O. The summed E-state index contributed by atoms with van der Waals surface area (Å²) in [4.78, 5) is 15.5. The number of hydrogen-bond acceptors (Lipinski definition) is 6. The van der Waals surface area contributed by atoms with Gasteiger partial charge in [0.25, 0.3) is 0 Å². The minimum absolute atomic E-state index is 0.397. The van der Waals surface area contributed by atoms with Crippen molar-refractivity contribution in [1.82, 2.24) is 15.0 Å². The molecule has 118 valence electrons. The number of aromatic nitrogens is 3. The van der Waals surface area contributed by atoms with Crippen molar-refractivity contribution in [2.24, 2.45) is 5.92 Å². The van der Waals surface area contributed by atoms with Gasteiger partial charge < -0.3 is 15.0 Å². The molecule has 2 atom stereocenters. The van der Waals surface area contributed by atoms with Crippen molar-refractivity contribution < 1.29 is 4.74 Å². The Bertz CT molecular complexity index is 429. The predicted molar refractivity (Wildman–Crippen MR) is 85.0 cm³/mol. The van der Waals surface area contributed by atoms with Crippen LogP contribution in [-0.4, -0.2) is 41.2 Å². The molecule has 0 saturated heterocycles. The maximum Gasteiger partial charge on any atom is 0.323 e. The third kappa shape index (κ3) is 3.95. The Labute approximate surface area is 127 Å². The zero-order valence-electron chi connectivity index (χ0n) is 13.6. The van der Waals surface area contributed by atoms with Crippen LogP contribution in [0, 0.1) is 5.92 Å². The third-order valence-corrected chi connectivity index (χ3v) is 4.09. The molecule has 1 aliphatic carbocycles. The van der Waals surface area contributed by atoms with E-state index in [0.717, 1.165) is 6.54 Å².